The Hall–Kier alpha value is -2.76. The van der Waals surface area contributed by atoms with Gasteiger partial charge in [-0.3, -0.25) is 9.78 Å². The zero-order valence-electron chi connectivity index (χ0n) is 13.5. The van der Waals surface area contributed by atoms with Crippen molar-refractivity contribution in [3.8, 4) is 5.75 Å². The molecule has 0 spiro atoms. The fourth-order valence-corrected chi connectivity index (χ4v) is 3.33. The maximum atomic E-state index is 12.9. The lowest BCUT2D eigenvalue weighted by Crippen LogP contribution is -2.13. The number of fused-ring (bicyclic) bond motifs is 3. The van der Waals surface area contributed by atoms with Crippen LogP contribution in [0, 0.1) is 0 Å². The van der Waals surface area contributed by atoms with Gasteiger partial charge in [0, 0.05) is 23.2 Å². The Labute approximate surface area is 158 Å². The molecule has 2 aromatic heterocycles. The molecule has 0 fully saturated rings. The number of hydrogen-bond donors (Lipinski definition) is 1. The monoisotopic (exact) mass is 386 g/mol. The summed E-state index contributed by atoms with van der Waals surface area (Å²) in [6, 6.07) is 10.9. The predicted octanol–water partition coefficient (Wildman–Crippen LogP) is 5.55. The van der Waals surface area contributed by atoms with Crippen molar-refractivity contribution in [2.75, 3.05) is 12.4 Å². The van der Waals surface area contributed by atoms with E-state index in [1.165, 1.54) is 12.4 Å². The molecular formula is C19H12Cl2N2O3. The molecule has 4 aromatic rings. The van der Waals surface area contributed by atoms with Gasteiger partial charge in [0.1, 0.15) is 5.58 Å². The summed E-state index contributed by atoms with van der Waals surface area (Å²) < 4.78 is 11.3. The number of pyridine rings is 1. The summed E-state index contributed by atoms with van der Waals surface area (Å²) in [4.78, 5) is 16.8. The van der Waals surface area contributed by atoms with E-state index in [1.54, 1.807) is 19.2 Å². The molecule has 0 aliphatic rings. The second-order valence-electron chi connectivity index (χ2n) is 5.55. The lowest BCUT2D eigenvalue weighted by molar-refractivity contribution is 0.102. The minimum absolute atomic E-state index is 0.257. The molecule has 0 saturated heterocycles. The number of benzene rings is 2. The average Bonchev–Trinajstić information content (AvgIpc) is 3.03. The predicted molar refractivity (Wildman–Crippen MR) is 102 cm³/mol. The molecule has 0 aliphatic heterocycles. The van der Waals surface area contributed by atoms with Gasteiger partial charge in [0.15, 0.2) is 11.3 Å². The number of anilines is 1. The van der Waals surface area contributed by atoms with Crippen LogP contribution in [-0.2, 0) is 0 Å². The molecule has 2 aromatic carbocycles. The van der Waals surface area contributed by atoms with Crippen molar-refractivity contribution < 1.29 is 13.9 Å². The van der Waals surface area contributed by atoms with E-state index in [-0.39, 0.29) is 16.0 Å². The van der Waals surface area contributed by atoms with Crippen molar-refractivity contribution in [2.24, 2.45) is 0 Å². The molecule has 0 aliphatic carbocycles. The van der Waals surface area contributed by atoms with Gasteiger partial charge in [-0.2, -0.15) is 0 Å². The van der Waals surface area contributed by atoms with Crippen LogP contribution in [0.25, 0.3) is 21.9 Å². The van der Waals surface area contributed by atoms with Crippen molar-refractivity contribution in [1.82, 2.24) is 4.98 Å². The molecule has 0 atom stereocenters. The van der Waals surface area contributed by atoms with Gasteiger partial charge in [0.25, 0.3) is 5.91 Å². The highest BCUT2D eigenvalue weighted by atomic mass is 35.5. The van der Waals surface area contributed by atoms with Gasteiger partial charge in [-0.05, 0) is 18.2 Å². The highest BCUT2D eigenvalue weighted by Gasteiger charge is 2.20. The molecule has 130 valence electrons. The Morgan fingerprint density at radius 2 is 1.85 bits per heavy atom. The van der Waals surface area contributed by atoms with Gasteiger partial charge >= 0.3 is 0 Å². The minimum atomic E-state index is -0.362. The van der Waals surface area contributed by atoms with Crippen molar-refractivity contribution >= 4 is 56.7 Å². The third-order valence-electron chi connectivity index (χ3n) is 4.05. The topological polar surface area (TPSA) is 64.4 Å². The van der Waals surface area contributed by atoms with E-state index in [0.717, 1.165) is 5.39 Å². The second kappa shape index (κ2) is 6.52. The molecule has 5 nitrogen and oxygen atoms in total. The number of nitrogens with one attached hydrogen (secondary N) is 1. The van der Waals surface area contributed by atoms with E-state index in [9.17, 15) is 4.79 Å². The third-order valence-corrected chi connectivity index (χ3v) is 4.62. The van der Waals surface area contributed by atoms with Gasteiger partial charge in [-0.1, -0.05) is 41.4 Å². The third kappa shape index (κ3) is 2.66. The Morgan fingerprint density at radius 1 is 1.12 bits per heavy atom. The maximum Gasteiger partial charge on any atom is 0.256 e. The fraction of sp³-hybridized carbons (Fsp3) is 0.0526. The van der Waals surface area contributed by atoms with Crippen molar-refractivity contribution in [1.29, 1.82) is 0 Å². The number of carbonyl (C=O) groups excluding carboxylic acids is 1. The van der Waals surface area contributed by atoms with Crippen molar-refractivity contribution in [3.05, 3.63) is 64.4 Å². The van der Waals surface area contributed by atoms with Crippen LogP contribution in [0.15, 0.2) is 53.2 Å². The number of para-hydroxylation sites is 1. The van der Waals surface area contributed by atoms with Gasteiger partial charge in [-0.25, -0.2) is 0 Å². The molecular weight excluding hydrogens is 375 g/mol. The first kappa shape index (κ1) is 16.7. The molecule has 26 heavy (non-hydrogen) atoms. The van der Waals surface area contributed by atoms with Gasteiger partial charge in [0.2, 0.25) is 0 Å². The smallest absolute Gasteiger partial charge is 0.256 e. The summed E-state index contributed by atoms with van der Waals surface area (Å²) >= 11 is 12.2. The summed E-state index contributed by atoms with van der Waals surface area (Å²) in [6.45, 7) is 0. The Balaban J connectivity index is 1.90. The summed E-state index contributed by atoms with van der Waals surface area (Å²) in [5.41, 5.74) is 1.91. The summed E-state index contributed by atoms with van der Waals surface area (Å²) in [5.74, 6) is 0.187. The summed E-state index contributed by atoms with van der Waals surface area (Å²) in [7, 11) is 1.55. The summed E-state index contributed by atoms with van der Waals surface area (Å²) in [5, 5.41) is 4.75. The first-order chi connectivity index (χ1) is 12.6. The lowest BCUT2D eigenvalue weighted by Gasteiger charge is -2.10. The number of ether oxygens (including phenoxy) is 1. The van der Waals surface area contributed by atoms with E-state index in [2.05, 4.69) is 10.3 Å². The highest BCUT2D eigenvalue weighted by Crippen LogP contribution is 2.38. The van der Waals surface area contributed by atoms with Crippen LogP contribution in [0.5, 0.6) is 5.75 Å². The van der Waals surface area contributed by atoms with Gasteiger partial charge in [0.05, 0.1) is 28.4 Å². The number of carbonyl (C=O) groups is 1. The minimum Gasteiger partial charge on any atom is -0.493 e. The molecule has 4 rings (SSSR count). The number of rotatable bonds is 3. The highest BCUT2D eigenvalue weighted by molar-refractivity contribution is 6.40. The molecule has 7 heteroatoms. The quantitative estimate of drug-likeness (QED) is 0.501. The van der Waals surface area contributed by atoms with Gasteiger partial charge < -0.3 is 14.5 Å². The van der Waals surface area contributed by atoms with Gasteiger partial charge in [-0.15, -0.1) is 0 Å². The van der Waals surface area contributed by atoms with Crippen LogP contribution >= 0.6 is 23.2 Å². The molecule has 0 radical (unpaired) electrons. The van der Waals surface area contributed by atoms with E-state index in [1.807, 2.05) is 24.3 Å². The number of amides is 1. The van der Waals surface area contributed by atoms with Crippen molar-refractivity contribution in [3.63, 3.8) is 0 Å². The van der Waals surface area contributed by atoms with Crippen molar-refractivity contribution in [2.45, 2.75) is 0 Å². The molecule has 1 N–H and O–H groups in total. The van der Waals surface area contributed by atoms with Crippen LogP contribution < -0.4 is 10.1 Å². The first-order valence-corrected chi connectivity index (χ1v) is 8.44. The van der Waals surface area contributed by atoms with Crippen LogP contribution in [0.1, 0.15) is 10.4 Å². The van der Waals surface area contributed by atoms with E-state index >= 15 is 0 Å². The molecule has 0 saturated carbocycles. The standard InChI is InChI=1S/C19H12Cl2N2O3/c1-25-15-7-6-11(16-10-4-2-3-5-14(10)26-18(15)16)19(24)23-17-12(20)8-22-9-13(17)21/h2-9H,1H3,(H,22,23,24). The number of furan rings is 1. The largest absolute Gasteiger partial charge is 0.493 e. The summed E-state index contributed by atoms with van der Waals surface area (Å²) in [6.07, 6.45) is 2.83. The zero-order valence-corrected chi connectivity index (χ0v) is 15.1. The molecule has 2 heterocycles. The van der Waals surface area contributed by atoms with E-state index in [0.29, 0.717) is 33.6 Å². The SMILES string of the molecule is COc1ccc(C(=O)Nc2c(Cl)cncc2Cl)c2c1oc1ccccc12. The van der Waals surface area contributed by atoms with Crippen LogP contribution in [0.2, 0.25) is 10.0 Å². The molecule has 0 unspecified atom stereocenters. The van der Waals surface area contributed by atoms with Crippen LogP contribution in [0.3, 0.4) is 0 Å². The zero-order chi connectivity index (χ0) is 18.3. The van der Waals surface area contributed by atoms with E-state index in [4.69, 9.17) is 32.4 Å². The second-order valence-corrected chi connectivity index (χ2v) is 6.36. The molecule has 0 bridgehead atoms. The number of nitrogens with zero attached hydrogens (tertiary/aromatic N) is 1. The van der Waals surface area contributed by atoms with Crippen LogP contribution in [-0.4, -0.2) is 18.0 Å². The van der Waals surface area contributed by atoms with Crippen LogP contribution in [0.4, 0.5) is 5.69 Å². The number of halogens is 2. The average molecular weight is 387 g/mol. The van der Waals surface area contributed by atoms with E-state index < -0.39 is 0 Å². The Kier molecular flexibility index (Phi) is 4.18. The Bertz CT molecular complexity index is 1130. The first-order valence-electron chi connectivity index (χ1n) is 7.68. The maximum absolute atomic E-state index is 12.9. The molecule has 1 amide bonds. The number of methoxy groups -OCH3 is 1. The lowest BCUT2D eigenvalue weighted by atomic mass is 10.0. The number of hydrogen-bond acceptors (Lipinski definition) is 4. The number of aromatic nitrogens is 1. The normalized spacial score (nSPS) is 11.0. The fourth-order valence-electron chi connectivity index (χ4n) is 2.87. The Morgan fingerprint density at radius 3 is 2.58 bits per heavy atom.